The summed E-state index contributed by atoms with van der Waals surface area (Å²) in [5.41, 5.74) is 2.05. The Morgan fingerprint density at radius 3 is 1.17 bits per heavy atom. The fraction of sp³-hybridized carbons (Fsp3) is 0.300. The Hall–Kier alpha value is -6.48. The van der Waals surface area contributed by atoms with Crippen molar-refractivity contribution < 1.29 is 250 Å². The second-order valence-corrected chi connectivity index (χ2v) is 25.5. The van der Waals surface area contributed by atoms with Crippen LogP contribution in [0.3, 0.4) is 0 Å². The van der Waals surface area contributed by atoms with Crippen molar-refractivity contribution in [1.82, 2.24) is 19.1 Å². The van der Waals surface area contributed by atoms with Crippen molar-refractivity contribution in [3.63, 3.8) is 0 Å². The van der Waals surface area contributed by atoms with Crippen LogP contribution < -0.4 is 139 Å². The van der Waals surface area contributed by atoms with Crippen molar-refractivity contribution in [1.29, 1.82) is 1.43 Å². The van der Waals surface area contributed by atoms with Crippen molar-refractivity contribution in [3.8, 4) is 56.6 Å². The number of phenolic OH excluding ortho intramolecular Hbond substituents is 1. The summed E-state index contributed by atoms with van der Waals surface area (Å²) in [5, 5.41) is 1.45. The van der Waals surface area contributed by atoms with Gasteiger partial charge in [0.25, 0.3) is 12.5 Å². The van der Waals surface area contributed by atoms with E-state index in [0.29, 0.717) is 33.8 Å². The molecule has 0 spiro atoms. The monoisotopic (exact) mass is 1620 g/mol. The van der Waals surface area contributed by atoms with Crippen LogP contribution in [0.4, 0.5) is 87.3 Å². The van der Waals surface area contributed by atoms with Crippen LogP contribution in [0.5, 0.6) is 23.0 Å². The molecule has 0 atom stereocenters. The van der Waals surface area contributed by atoms with Gasteiger partial charge in [0.1, 0.15) is 23.0 Å². The van der Waals surface area contributed by atoms with Gasteiger partial charge in [-0.3, -0.25) is 33.5 Å². The normalized spacial score (nSPS) is 12.7. The van der Waals surface area contributed by atoms with E-state index in [0.717, 1.165) is 57.5 Å². The number of benzene rings is 6. The molecule has 2 heterocycles. The van der Waals surface area contributed by atoms with E-state index < -0.39 is 101 Å². The summed E-state index contributed by atoms with van der Waals surface area (Å²) < 4.78 is 316. The van der Waals surface area contributed by atoms with Gasteiger partial charge in [0.15, 0.2) is 0 Å². The molecule has 0 saturated carbocycles. The van der Waals surface area contributed by atoms with E-state index in [2.05, 4.69) is 45.1 Å². The fourth-order valence-electron chi connectivity index (χ4n) is 8.60. The number of carbonyl (C=O) groups excluding carboxylic acids is 1. The molecule has 0 aliphatic rings. The van der Waals surface area contributed by atoms with Crippen LogP contribution in [-0.4, -0.2) is 114 Å². The zero-order chi connectivity index (χ0) is 79.9. The number of methoxy groups -OCH3 is 2. The number of phenols is 1. The largest absolute Gasteiger partial charge is 1.00 e. The van der Waals surface area contributed by atoms with Crippen LogP contribution in [0.25, 0.3) is 56.6 Å². The number of carbonyl (C=O) groups is 1. The average molecular weight is 1620 g/mol. The predicted octanol–water partition coefficient (Wildman–Crippen LogP) is 8.11. The number of aromatic nitrogens is 4. The molecule has 8 rings (SSSR count). The van der Waals surface area contributed by atoms with E-state index in [-0.39, 0.29) is 131 Å². The van der Waals surface area contributed by atoms with E-state index in [4.69, 9.17) is 15.7 Å². The van der Waals surface area contributed by atoms with E-state index in [1.165, 1.54) is 57.6 Å². The zero-order valence-corrected chi connectivity index (χ0v) is 63.0. The van der Waals surface area contributed by atoms with Crippen molar-refractivity contribution in [3.05, 3.63) is 182 Å². The average Bonchev–Trinajstić information content (AvgIpc) is 0.766. The third kappa shape index (κ3) is 22.4. The molecule has 0 bridgehead atoms. The van der Waals surface area contributed by atoms with Crippen molar-refractivity contribution >= 4 is 48.4 Å². The minimum Gasteiger partial charge on any atom is -0.508 e. The molecule has 0 unspecified atom stereocenters. The Kier molecular flexibility index (Phi) is 31.1. The number of rotatable bonds is 18. The third-order valence-electron chi connectivity index (χ3n) is 13.3. The molecule has 45 heteroatoms. The summed E-state index contributed by atoms with van der Waals surface area (Å²) >= 11 is 0. The van der Waals surface area contributed by atoms with Gasteiger partial charge in [-0.2, -0.15) is 103 Å². The molecule has 0 saturated heterocycles. The van der Waals surface area contributed by atoms with Crippen molar-refractivity contribution in [2.75, 3.05) is 14.2 Å². The van der Waals surface area contributed by atoms with Crippen molar-refractivity contribution in [2.45, 2.75) is 99.7 Å². The van der Waals surface area contributed by atoms with E-state index >= 15 is 0 Å². The number of ether oxygens (including phenoxy) is 4. The van der Waals surface area contributed by atoms with Gasteiger partial charge >= 0.3 is 188 Å². The summed E-state index contributed by atoms with van der Waals surface area (Å²) in [6.45, 7) is 11.9. The van der Waals surface area contributed by atoms with E-state index in [1.54, 1.807) is 38.6 Å². The number of nitrogens with zero attached hydrogens (tertiary/aromatic N) is 2. The number of hydrogen-bond acceptors (Lipinski definition) is 17. The maximum absolute atomic E-state index is 14.2. The first-order valence-electron chi connectivity index (χ1n) is 27.8. The smallest absolute Gasteiger partial charge is 0.508 e. The summed E-state index contributed by atoms with van der Waals surface area (Å²) in [7, 11) is -9.65. The molecular formula is C60H51F20K2N4O17S2+. The van der Waals surface area contributed by atoms with Gasteiger partial charge < -0.3 is 28.0 Å². The first kappa shape index (κ1) is 92.7. The van der Waals surface area contributed by atoms with Gasteiger partial charge in [-0.15, -0.1) is 0 Å². The second-order valence-electron chi connectivity index (χ2n) is 22.5. The third-order valence-corrected chi connectivity index (χ3v) is 15.5. The summed E-state index contributed by atoms with van der Waals surface area (Å²) in [6.07, 6.45) is -38.5. The standard InChI is InChI=1S/C29H23F9N2O7S.C25H24N2O4.C4F10O3S.CH2F.CH2O3.2K/c1-25(2,3)21-14-18(40-10-9-22(41)39-24(40)42)13-20(23(21)45-4)17-6-5-16-12-19(8-7-15(16)11-17)46-48(43,44)29(37,38)28(35,36)47-27(33,34)26(30,31)32;1-25(2,3)21-14-18(27-10-9-22(29)26-24(27)30)13-20(23(21)31-4)17-6-5-16-12-19(28)8-7-15(16)11-17;5-1(6,7)2(8,9)17-3(10,11)4(12,13)18(14,15)16;1-2;2-1-4-3;;/h5-14H,1-4H3,(H,39,41,42);5-14,28H,1-4H3,(H,26,29,30);;1H2;1,3H;;/q;;;-1;;2*+1/i/hD. The molecule has 0 amide bonds. The van der Waals surface area contributed by atoms with Crippen molar-refractivity contribution in [2.24, 2.45) is 0 Å². The first-order chi connectivity index (χ1) is 47.3. The SMILES string of the molecule is COc1c(-c2ccc3cc(O)ccc3c2)cc(-n2ccc(=O)[nH]c2=O)cc1C(C)(C)C.COc1c(-c2ccc3cc(OS(=O)(=O)C(F)(F)C(F)(F)OC(F)(F)C(F)(F)F)ccc3c2)cc(-n2ccc(=O)[nH]c2=O)cc1C(C)(C)C.O=S(=O)(F)C(F)(F)C(F)(F)OC(F)(F)C(F)(F)F.[2H]OOC=O.[CH2-]F.[K+].[K+]. The van der Waals surface area contributed by atoms with Crippen LogP contribution in [0.2, 0.25) is 0 Å². The molecule has 0 fully saturated rings. The molecule has 105 heavy (non-hydrogen) atoms. The van der Waals surface area contributed by atoms with Gasteiger partial charge in [-0.05, 0) is 104 Å². The summed E-state index contributed by atoms with van der Waals surface area (Å²) in [5.74, 6) is 0.301. The number of aromatic hydroxyl groups is 1. The van der Waals surface area contributed by atoms with Gasteiger partial charge in [-0.25, -0.2) is 24.3 Å². The van der Waals surface area contributed by atoms with Gasteiger partial charge in [0.05, 0.1) is 25.6 Å². The maximum atomic E-state index is 14.2. The molecule has 2 aromatic heterocycles. The number of alkyl halides is 18. The van der Waals surface area contributed by atoms with Gasteiger partial charge in [0.2, 0.25) is 0 Å². The van der Waals surface area contributed by atoms with Crippen LogP contribution >= 0.6 is 0 Å². The topological polar surface area (TPSA) is 291 Å². The Labute approximate surface area is 664 Å². The molecule has 6 aromatic carbocycles. The molecule has 0 aliphatic heterocycles. The van der Waals surface area contributed by atoms with Gasteiger partial charge in [0, 0.05) is 46.8 Å². The van der Waals surface area contributed by atoms with Crippen LogP contribution in [0.1, 0.15) is 52.7 Å². The second kappa shape index (κ2) is 35.3. The summed E-state index contributed by atoms with van der Waals surface area (Å²) in [6, 6.07) is 27.6. The van der Waals surface area contributed by atoms with E-state index in [1.807, 2.05) is 61.9 Å². The molecule has 566 valence electrons. The fourth-order valence-corrected chi connectivity index (χ4v) is 9.72. The maximum Gasteiger partial charge on any atom is 1.00 e. The number of H-pyrrole nitrogens is 2. The quantitative estimate of drug-likeness (QED) is 0.00922. The minimum absolute atomic E-state index is 0. The van der Waals surface area contributed by atoms with E-state index in [9.17, 15) is 128 Å². The zero-order valence-electron chi connectivity index (χ0n) is 56.1. The van der Waals surface area contributed by atoms with Crippen LogP contribution in [-0.2, 0) is 50.3 Å². The van der Waals surface area contributed by atoms with Gasteiger partial charge in [-0.1, -0.05) is 81.8 Å². The Morgan fingerprint density at radius 1 is 0.495 bits per heavy atom. The number of hydrogen-bond donors (Lipinski definition) is 4. The summed E-state index contributed by atoms with van der Waals surface area (Å²) in [4.78, 5) is 64.9. The molecule has 0 aliphatic carbocycles. The van der Waals surface area contributed by atoms with Crippen LogP contribution in [0.15, 0.2) is 141 Å². The number of nitrogens with one attached hydrogen (secondary N) is 2. The molecule has 8 aromatic rings. The molecular weight excluding hydrogens is 1570 g/mol. The minimum atomic E-state index is -7.49. The first-order valence-corrected chi connectivity index (χ1v) is 30.2. The van der Waals surface area contributed by atoms with Crippen LogP contribution in [0, 0.1) is 7.18 Å². The number of halogens is 20. The number of fused-ring (bicyclic) bond motifs is 2. The Bertz CT molecular complexity index is 4920. The Balaban J connectivity index is 0.000000562. The molecule has 4 N–H and O–H groups in total. The predicted molar refractivity (Wildman–Crippen MR) is 323 cm³/mol. The Morgan fingerprint density at radius 2 is 0.848 bits per heavy atom. The number of aromatic amines is 2. The molecule has 0 radical (unpaired) electrons. The molecule has 21 nitrogen and oxygen atoms in total.